The fourth-order valence-electron chi connectivity index (χ4n) is 2.08. The largest absolute Gasteiger partial charge is 0.393 e. The van der Waals surface area contributed by atoms with Gasteiger partial charge in [-0.2, -0.15) is 0 Å². The van der Waals surface area contributed by atoms with Gasteiger partial charge < -0.3 is 11.1 Å². The summed E-state index contributed by atoms with van der Waals surface area (Å²) in [4.78, 5) is 20.3. The minimum Gasteiger partial charge on any atom is -0.393 e. The van der Waals surface area contributed by atoms with Crippen LogP contribution in [0.3, 0.4) is 0 Å². The minimum absolute atomic E-state index is 0.269. The molecule has 5 N–H and O–H groups in total. The number of para-hydroxylation sites is 1. The molecule has 2 aromatic carbocycles. The summed E-state index contributed by atoms with van der Waals surface area (Å²) in [6, 6.07) is 16.2. The van der Waals surface area contributed by atoms with E-state index >= 15 is 0 Å². The van der Waals surface area contributed by atoms with E-state index in [0.717, 1.165) is 5.69 Å². The number of nitrogen functional groups attached to an aromatic ring is 1. The number of benzene rings is 2. The fourth-order valence-corrected chi connectivity index (χ4v) is 2.30. The van der Waals surface area contributed by atoms with Crippen LogP contribution in [0.15, 0.2) is 60.9 Å². The molecule has 0 bridgehead atoms. The van der Waals surface area contributed by atoms with Crippen LogP contribution < -0.4 is 21.9 Å². The van der Waals surface area contributed by atoms with Crippen LogP contribution in [0, 0.1) is 0 Å². The molecule has 0 fully saturated rings. The third-order valence-electron chi connectivity index (χ3n) is 3.33. The third-order valence-corrected chi connectivity index (χ3v) is 3.66. The van der Waals surface area contributed by atoms with Crippen molar-refractivity contribution in [3.05, 3.63) is 71.5 Å². The van der Waals surface area contributed by atoms with Gasteiger partial charge in [-0.25, -0.2) is 9.97 Å². The number of nitrogens with zero attached hydrogens (tertiary/aromatic N) is 2. The van der Waals surface area contributed by atoms with Crippen molar-refractivity contribution >= 4 is 40.5 Å². The summed E-state index contributed by atoms with van der Waals surface area (Å²) in [6.07, 6.45) is 1.34. The molecule has 0 atom stereocenters. The number of aromatic nitrogens is 2. The first-order valence-corrected chi connectivity index (χ1v) is 7.76. The van der Waals surface area contributed by atoms with E-state index in [1.54, 1.807) is 24.3 Å². The van der Waals surface area contributed by atoms with E-state index in [2.05, 4.69) is 26.1 Å². The van der Waals surface area contributed by atoms with Crippen molar-refractivity contribution in [1.82, 2.24) is 15.4 Å². The summed E-state index contributed by atoms with van der Waals surface area (Å²) in [7, 11) is 0. The number of carbonyl (C=O) groups excluding carboxylic acids is 1. The Hall–Kier alpha value is -3.32. The molecule has 8 heteroatoms. The molecule has 0 aliphatic rings. The van der Waals surface area contributed by atoms with E-state index in [1.165, 1.54) is 6.33 Å². The van der Waals surface area contributed by atoms with E-state index in [0.29, 0.717) is 16.4 Å². The van der Waals surface area contributed by atoms with Crippen LogP contribution in [0.25, 0.3) is 0 Å². The zero-order valence-electron chi connectivity index (χ0n) is 13.0. The lowest BCUT2D eigenvalue weighted by atomic mass is 10.2. The molecular weight excluding hydrogens is 340 g/mol. The predicted octanol–water partition coefficient (Wildman–Crippen LogP) is 3.21. The maximum absolute atomic E-state index is 12.2. The van der Waals surface area contributed by atoms with Gasteiger partial charge in [0.25, 0.3) is 5.91 Å². The van der Waals surface area contributed by atoms with Crippen molar-refractivity contribution in [2.45, 2.75) is 0 Å². The van der Waals surface area contributed by atoms with Gasteiger partial charge in [0.2, 0.25) is 0 Å². The second kappa shape index (κ2) is 7.50. The summed E-state index contributed by atoms with van der Waals surface area (Å²) < 4.78 is 0. The van der Waals surface area contributed by atoms with Crippen molar-refractivity contribution in [1.29, 1.82) is 0 Å². The van der Waals surface area contributed by atoms with Crippen molar-refractivity contribution < 1.29 is 4.79 Å². The van der Waals surface area contributed by atoms with Crippen LogP contribution in [0.5, 0.6) is 0 Å². The maximum atomic E-state index is 12.2. The van der Waals surface area contributed by atoms with E-state index in [4.69, 9.17) is 17.3 Å². The Kier molecular flexibility index (Phi) is 4.96. The standard InChI is InChI=1S/C17H15ClN6O/c18-13-9-5-4-8-12(13)17(25)24-23-16-14(19)15(20-10-21-16)22-11-6-2-1-3-7-11/h1-10H,19H2,(H,24,25)(H2,20,21,22,23). The van der Waals surface area contributed by atoms with Crippen LogP contribution in [0.4, 0.5) is 23.0 Å². The molecule has 0 saturated carbocycles. The molecule has 0 radical (unpaired) electrons. The second-order valence-electron chi connectivity index (χ2n) is 5.03. The molecule has 25 heavy (non-hydrogen) atoms. The SMILES string of the molecule is Nc1c(NNC(=O)c2ccccc2Cl)ncnc1Nc1ccccc1. The van der Waals surface area contributed by atoms with E-state index in [-0.39, 0.29) is 11.5 Å². The second-order valence-corrected chi connectivity index (χ2v) is 5.44. The molecule has 7 nitrogen and oxygen atoms in total. The topological polar surface area (TPSA) is 105 Å². The highest BCUT2D eigenvalue weighted by molar-refractivity contribution is 6.33. The van der Waals surface area contributed by atoms with Gasteiger partial charge in [-0.1, -0.05) is 41.9 Å². The van der Waals surface area contributed by atoms with E-state index < -0.39 is 5.91 Å². The first-order valence-electron chi connectivity index (χ1n) is 7.38. The Morgan fingerprint density at radius 3 is 2.40 bits per heavy atom. The highest BCUT2D eigenvalue weighted by atomic mass is 35.5. The highest BCUT2D eigenvalue weighted by Crippen LogP contribution is 2.25. The third kappa shape index (κ3) is 3.96. The Morgan fingerprint density at radius 2 is 1.64 bits per heavy atom. The number of nitrogens with two attached hydrogens (primary N) is 1. The average molecular weight is 355 g/mol. The minimum atomic E-state index is -0.402. The summed E-state index contributed by atoms with van der Waals surface area (Å²) in [5.74, 6) is 0.297. The number of hydrazine groups is 1. The van der Waals surface area contributed by atoms with Gasteiger partial charge in [0.1, 0.15) is 12.0 Å². The number of nitrogens with one attached hydrogen (secondary N) is 3. The number of halogens is 1. The van der Waals surface area contributed by atoms with Crippen molar-refractivity contribution in [2.75, 3.05) is 16.5 Å². The lowest BCUT2D eigenvalue weighted by Gasteiger charge is -2.13. The van der Waals surface area contributed by atoms with Crippen LogP contribution in [0.2, 0.25) is 5.02 Å². The molecular formula is C17H15ClN6O. The Balaban J connectivity index is 1.72. The monoisotopic (exact) mass is 354 g/mol. The Labute approximate surface area is 149 Å². The number of rotatable bonds is 5. The zero-order chi connectivity index (χ0) is 17.6. The lowest BCUT2D eigenvalue weighted by Crippen LogP contribution is -2.30. The number of hydrogen-bond donors (Lipinski definition) is 4. The number of carbonyl (C=O) groups is 1. The number of anilines is 4. The van der Waals surface area contributed by atoms with Crippen molar-refractivity contribution in [3.63, 3.8) is 0 Å². The Bertz CT molecular complexity index is 887. The van der Waals surface area contributed by atoms with Gasteiger partial charge in [0.15, 0.2) is 11.6 Å². The summed E-state index contributed by atoms with van der Waals surface area (Å²) >= 11 is 6.00. The van der Waals surface area contributed by atoms with Gasteiger partial charge in [-0.15, -0.1) is 0 Å². The molecule has 3 rings (SSSR count). The number of amides is 1. The normalized spacial score (nSPS) is 10.1. The van der Waals surface area contributed by atoms with Crippen LogP contribution >= 0.6 is 11.6 Å². The predicted molar refractivity (Wildman–Crippen MR) is 98.7 cm³/mol. The Morgan fingerprint density at radius 1 is 0.960 bits per heavy atom. The molecule has 0 aliphatic heterocycles. The molecule has 0 unspecified atom stereocenters. The lowest BCUT2D eigenvalue weighted by molar-refractivity contribution is 0.0962. The van der Waals surface area contributed by atoms with Crippen LogP contribution in [0.1, 0.15) is 10.4 Å². The molecule has 3 aromatic rings. The molecule has 0 spiro atoms. The first-order chi connectivity index (χ1) is 12.1. The number of hydrogen-bond acceptors (Lipinski definition) is 6. The van der Waals surface area contributed by atoms with Crippen molar-refractivity contribution in [3.8, 4) is 0 Å². The molecule has 126 valence electrons. The quantitative estimate of drug-likeness (QED) is 0.524. The van der Waals surface area contributed by atoms with Gasteiger partial charge in [0, 0.05) is 5.69 Å². The van der Waals surface area contributed by atoms with E-state index in [9.17, 15) is 4.79 Å². The maximum Gasteiger partial charge on any atom is 0.271 e. The van der Waals surface area contributed by atoms with E-state index in [1.807, 2.05) is 30.3 Å². The first kappa shape index (κ1) is 16.5. The van der Waals surface area contributed by atoms with Crippen LogP contribution in [-0.2, 0) is 0 Å². The highest BCUT2D eigenvalue weighted by Gasteiger charge is 2.12. The zero-order valence-corrected chi connectivity index (χ0v) is 13.8. The van der Waals surface area contributed by atoms with Gasteiger partial charge >= 0.3 is 0 Å². The molecule has 0 aliphatic carbocycles. The van der Waals surface area contributed by atoms with Crippen LogP contribution in [-0.4, -0.2) is 15.9 Å². The summed E-state index contributed by atoms with van der Waals surface area (Å²) in [5.41, 5.74) is 12.7. The summed E-state index contributed by atoms with van der Waals surface area (Å²) in [5, 5.41) is 3.44. The van der Waals surface area contributed by atoms with Gasteiger partial charge in [-0.3, -0.25) is 15.6 Å². The molecule has 1 amide bonds. The smallest absolute Gasteiger partial charge is 0.271 e. The summed E-state index contributed by atoms with van der Waals surface area (Å²) in [6.45, 7) is 0. The van der Waals surface area contributed by atoms with Gasteiger partial charge in [0.05, 0.1) is 10.6 Å². The average Bonchev–Trinajstić information content (AvgIpc) is 2.63. The molecule has 0 saturated heterocycles. The molecule has 1 aromatic heterocycles. The van der Waals surface area contributed by atoms with Crippen molar-refractivity contribution in [2.24, 2.45) is 0 Å². The molecule has 1 heterocycles. The van der Waals surface area contributed by atoms with Gasteiger partial charge in [-0.05, 0) is 24.3 Å². The fraction of sp³-hybridized carbons (Fsp3) is 0.